The molecule has 0 saturated carbocycles. The number of nitrogens with zero attached hydrogens (tertiary/aromatic N) is 4. The first-order chi connectivity index (χ1) is 15.5. The number of likely N-dealkylation sites (tertiary alicyclic amines) is 1. The summed E-state index contributed by atoms with van der Waals surface area (Å²) in [5.74, 6) is -2.27. The molecule has 0 bridgehead atoms. The van der Waals surface area contributed by atoms with Crippen molar-refractivity contribution < 1.29 is 18.8 Å². The third-order valence-corrected chi connectivity index (χ3v) is 6.56. The van der Waals surface area contributed by atoms with Gasteiger partial charge in [0, 0.05) is 24.7 Å². The Kier molecular flexibility index (Phi) is 6.83. The summed E-state index contributed by atoms with van der Waals surface area (Å²) in [6, 6.07) is 9.77. The van der Waals surface area contributed by atoms with E-state index in [1.54, 1.807) is 11.6 Å². The Morgan fingerprint density at radius 1 is 1.12 bits per heavy atom. The minimum Gasteiger partial charge on any atom is -0.305 e. The minimum absolute atomic E-state index is 0.304. The molecule has 2 N–H and O–H groups in total. The SMILES string of the molecule is Cn1c(Sc2c(F)cc(C(=O)NO)cc2F)nnc1-c1cccc(CN2CCCCC2)c1. The van der Waals surface area contributed by atoms with Crippen molar-refractivity contribution in [1.29, 1.82) is 0 Å². The van der Waals surface area contributed by atoms with Crippen LogP contribution in [0.15, 0.2) is 46.5 Å². The summed E-state index contributed by atoms with van der Waals surface area (Å²) in [5.41, 5.74) is 3.08. The quantitative estimate of drug-likeness (QED) is 0.428. The summed E-state index contributed by atoms with van der Waals surface area (Å²) < 4.78 is 30.6. The van der Waals surface area contributed by atoms with Gasteiger partial charge >= 0.3 is 0 Å². The highest BCUT2D eigenvalue weighted by Gasteiger charge is 2.20. The number of rotatable bonds is 6. The van der Waals surface area contributed by atoms with Crippen molar-refractivity contribution in [2.24, 2.45) is 7.05 Å². The van der Waals surface area contributed by atoms with Crippen LogP contribution in [0.3, 0.4) is 0 Å². The number of piperidine rings is 1. The van der Waals surface area contributed by atoms with E-state index in [0.29, 0.717) is 11.0 Å². The van der Waals surface area contributed by atoms with Crippen LogP contribution in [0.2, 0.25) is 0 Å². The van der Waals surface area contributed by atoms with Gasteiger partial charge < -0.3 is 4.57 Å². The highest BCUT2D eigenvalue weighted by Crippen LogP contribution is 2.33. The average Bonchev–Trinajstić information content (AvgIpc) is 3.16. The van der Waals surface area contributed by atoms with Gasteiger partial charge in [0.05, 0.1) is 4.90 Å². The van der Waals surface area contributed by atoms with E-state index in [2.05, 4.69) is 27.2 Å². The van der Waals surface area contributed by atoms with Gasteiger partial charge in [-0.25, -0.2) is 14.3 Å². The molecule has 1 saturated heterocycles. The molecule has 1 aromatic heterocycles. The Balaban J connectivity index is 1.55. The van der Waals surface area contributed by atoms with Crippen LogP contribution in [0.1, 0.15) is 35.2 Å². The van der Waals surface area contributed by atoms with E-state index in [0.717, 1.165) is 49.1 Å². The van der Waals surface area contributed by atoms with Gasteiger partial charge in [0.2, 0.25) is 0 Å². The van der Waals surface area contributed by atoms with Gasteiger partial charge in [-0.1, -0.05) is 24.6 Å². The first-order valence-electron chi connectivity index (χ1n) is 10.3. The summed E-state index contributed by atoms with van der Waals surface area (Å²) in [5, 5.41) is 17.3. The van der Waals surface area contributed by atoms with E-state index >= 15 is 0 Å². The third-order valence-electron chi connectivity index (χ3n) is 5.43. The lowest BCUT2D eigenvalue weighted by Crippen LogP contribution is -2.29. The lowest BCUT2D eigenvalue weighted by atomic mass is 10.1. The number of aromatic nitrogens is 3. The van der Waals surface area contributed by atoms with Crippen LogP contribution in [0.25, 0.3) is 11.4 Å². The van der Waals surface area contributed by atoms with Crippen molar-refractivity contribution in [3.05, 3.63) is 59.2 Å². The van der Waals surface area contributed by atoms with Crippen LogP contribution in [-0.4, -0.2) is 43.9 Å². The largest absolute Gasteiger partial charge is 0.305 e. The summed E-state index contributed by atoms with van der Waals surface area (Å²) in [7, 11) is 1.73. The number of hydroxylamine groups is 1. The van der Waals surface area contributed by atoms with Gasteiger partial charge in [0.1, 0.15) is 11.6 Å². The van der Waals surface area contributed by atoms with Crippen molar-refractivity contribution in [1.82, 2.24) is 25.1 Å². The van der Waals surface area contributed by atoms with Crippen molar-refractivity contribution in [2.45, 2.75) is 35.9 Å². The molecule has 7 nitrogen and oxygen atoms in total. The van der Waals surface area contributed by atoms with Crippen LogP contribution in [-0.2, 0) is 13.6 Å². The van der Waals surface area contributed by atoms with Crippen molar-refractivity contribution in [3.63, 3.8) is 0 Å². The molecule has 2 aromatic carbocycles. The molecular weight excluding hydrogens is 436 g/mol. The second kappa shape index (κ2) is 9.76. The number of hydrogen-bond acceptors (Lipinski definition) is 6. The van der Waals surface area contributed by atoms with Gasteiger partial charge in [-0.05, 0) is 61.5 Å². The Labute approximate surface area is 188 Å². The van der Waals surface area contributed by atoms with E-state index in [-0.39, 0.29) is 10.5 Å². The molecule has 0 unspecified atom stereocenters. The Bertz CT molecular complexity index is 1110. The second-order valence-corrected chi connectivity index (χ2v) is 8.69. The molecule has 2 heterocycles. The Morgan fingerprint density at radius 3 is 2.53 bits per heavy atom. The fourth-order valence-electron chi connectivity index (χ4n) is 3.78. The Hall–Kier alpha value is -2.82. The summed E-state index contributed by atoms with van der Waals surface area (Å²) in [4.78, 5) is 13.6. The molecule has 3 aromatic rings. The standard InChI is InChI=1S/C22H23F2N5O2S/c1-28-20(15-7-5-6-14(10-15)13-29-8-3-2-4-9-29)25-26-22(28)32-19-17(23)11-16(12-18(19)24)21(30)27-31/h5-7,10-12,31H,2-4,8-9,13H2,1H3,(H,27,30). The van der Waals surface area contributed by atoms with Crippen molar-refractivity contribution in [3.8, 4) is 11.4 Å². The molecule has 0 atom stereocenters. The van der Waals surface area contributed by atoms with Gasteiger partial charge in [0.25, 0.3) is 5.91 Å². The maximum absolute atomic E-state index is 14.4. The van der Waals surface area contributed by atoms with Crippen LogP contribution in [0.5, 0.6) is 0 Å². The maximum Gasteiger partial charge on any atom is 0.274 e. The van der Waals surface area contributed by atoms with Crippen molar-refractivity contribution >= 4 is 17.7 Å². The number of benzene rings is 2. The summed E-state index contributed by atoms with van der Waals surface area (Å²) >= 11 is 0.781. The molecule has 0 radical (unpaired) electrons. The maximum atomic E-state index is 14.4. The number of hydrogen-bond donors (Lipinski definition) is 2. The van der Waals surface area contributed by atoms with E-state index in [9.17, 15) is 13.6 Å². The lowest BCUT2D eigenvalue weighted by Gasteiger charge is -2.26. The first-order valence-corrected chi connectivity index (χ1v) is 11.1. The van der Waals surface area contributed by atoms with Crippen molar-refractivity contribution in [2.75, 3.05) is 13.1 Å². The minimum atomic E-state index is -0.996. The third kappa shape index (κ3) is 4.82. The molecule has 32 heavy (non-hydrogen) atoms. The monoisotopic (exact) mass is 459 g/mol. The zero-order chi connectivity index (χ0) is 22.7. The lowest BCUT2D eigenvalue weighted by molar-refractivity contribution is 0.0705. The Morgan fingerprint density at radius 2 is 1.84 bits per heavy atom. The van der Waals surface area contributed by atoms with Crippen LogP contribution < -0.4 is 5.48 Å². The van der Waals surface area contributed by atoms with E-state index in [1.807, 2.05) is 12.1 Å². The van der Waals surface area contributed by atoms with Gasteiger partial charge in [-0.2, -0.15) is 0 Å². The highest BCUT2D eigenvalue weighted by atomic mass is 32.2. The average molecular weight is 460 g/mol. The molecule has 1 aliphatic rings. The predicted molar refractivity (Wildman–Crippen MR) is 115 cm³/mol. The number of carbonyl (C=O) groups excluding carboxylic acids is 1. The molecule has 1 amide bonds. The highest BCUT2D eigenvalue weighted by molar-refractivity contribution is 7.99. The fraction of sp³-hybridized carbons (Fsp3) is 0.318. The molecule has 1 fully saturated rings. The van der Waals surface area contributed by atoms with E-state index in [4.69, 9.17) is 5.21 Å². The van der Waals surface area contributed by atoms with Crippen LogP contribution in [0.4, 0.5) is 8.78 Å². The first kappa shape index (κ1) is 22.4. The van der Waals surface area contributed by atoms with E-state index in [1.165, 1.54) is 30.3 Å². The number of nitrogens with one attached hydrogen (secondary N) is 1. The molecule has 1 aliphatic heterocycles. The molecular formula is C22H23F2N5O2S. The van der Waals surface area contributed by atoms with Gasteiger partial charge in [-0.15, -0.1) is 10.2 Å². The van der Waals surface area contributed by atoms with Gasteiger partial charge in [0.15, 0.2) is 11.0 Å². The molecule has 4 rings (SSSR count). The summed E-state index contributed by atoms with van der Waals surface area (Å²) in [6.45, 7) is 3.08. The second-order valence-electron chi connectivity index (χ2n) is 7.71. The van der Waals surface area contributed by atoms with E-state index < -0.39 is 17.5 Å². The number of amides is 1. The predicted octanol–water partition coefficient (Wildman–Crippen LogP) is 4.02. The molecule has 10 heteroatoms. The summed E-state index contributed by atoms with van der Waals surface area (Å²) in [6.07, 6.45) is 3.74. The van der Waals surface area contributed by atoms with Crippen LogP contribution in [0, 0.1) is 11.6 Å². The fourth-order valence-corrected chi connectivity index (χ4v) is 4.58. The number of carbonyl (C=O) groups is 1. The zero-order valence-electron chi connectivity index (χ0n) is 17.5. The van der Waals surface area contributed by atoms with Crippen LogP contribution >= 0.6 is 11.8 Å². The smallest absolute Gasteiger partial charge is 0.274 e. The zero-order valence-corrected chi connectivity index (χ0v) is 18.3. The topological polar surface area (TPSA) is 83.3 Å². The molecule has 0 spiro atoms. The number of halogens is 2. The van der Waals surface area contributed by atoms with Gasteiger partial charge in [-0.3, -0.25) is 14.9 Å². The normalized spacial score (nSPS) is 14.5. The molecule has 0 aliphatic carbocycles. The molecule has 168 valence electrons.